The molecular weight excluding hydrogens is 428 g/mol. The minimum Gasteiger partial charge on any atom is -0.451 e. The normalized spacial score (nSPS) is 11.4. The van der Waals surface area contributed by atoms with Gasteiger partial charge in [-0.1, -0.05) is 54.6 Å². The van der Waals surface area contributed by atoms with Crippen LogP contribution in [0, 0.1) is 0 Å². The number of benzene rings is 3. The molecule has 3 aromatic rings. The molecule has 0 aliphatic rings. The molecule has 0 heterocycles. The van der Waals surface area contributed by atoms with Gasteiger partial charge in [-0.2, -0.15) is 0 Å². The highest BCUT2D eigenvalue weighted by Gasteiger charge is 2.12. The van der Waals surface area contributed by atoms with E-state index >= 15 is 0 Å². The Morgan fingerprint density at radius 3 is 2.53 bits per heavy atom. The summed E-state index contributed by atoms with van der Waals surface area (Å²) in [6.07, 6.45) is 2.95. The van der Waals surface area contributed by atoms with Crippen molar-refractivity contribution in [2.75, 3.05) is 25.0 Å². The summed E-state index contributed by atoms with van der Waals surface area (Å²) in [5, 5.41) is 15.2. The van der Waals surface area contributed by atoms with E-state index in [9.17, 15) is 18.3 Å². The van der Waals surface area contributed by atoms with Gasteiger partial charge in [0.25, 0.3) is 0 Å². The van der Waals surface area contributed by atoms with Crippen LogP contribution in [0.5, 0.6) is 5.75 Å². The highest BCUT2D eigenvalue weighted by Crippen LogP contribution is 2.35. The van der Waals surface area contributed by atoms with Gasteiger partial charge in [-0.15, -0.1) is 0 Å². The fourth-order valence-corrected chi connectivity index (χ4v) is 4.10. The molecule has 0 spiro atoms. The van der Waals surface area contributed by atoms with Gasteiger partial charge >= 0.3 is 0 Å². The van der Waals surface area contributed by atoms with Crippen LogP contribution in [-0.2, 0) is 21.2 Å². The summed E-state index contributed by atoms with van der Waals surface area (Å²) in [6, 6.07) is 18.5. The molecule has 32 heavy (non-hydrogen) atoms. The molecule has 0 saturated carbocycles. The monoisotopic (exact) mass is 452 g/mol. The largest absolute Gasteiger partial charge is 0.451 e. The number of sulfonamides is 1. The third-order valence-electron chi connectivity index (χ3n) is 4.70. The van der Waals surface area contributed by atoms with Gasteiger partial charge in [-0.25, -0.2) is 17.9 Å². The number of rotatable bonds is 11. The van der Waals surface area contributed by atoms with Gasteiger partial charge in [0.15, 0.2) is 18.0 Å². The third-order valence-corrected chi connectivity index (χ3v) is 5.80. The average Bonchev–Trinajstić information content (AvgIpc) is 2.81. The number of anilines is 1. The van der Waals surface area contributed by atoms with Gasteiger partial charge < -0.3 is 15.2 Å². The Balaban J connectivity index is 1.77. The first-order valence-corrected chi connectivity index (χ1v) is 11.6. The van der Waals surface area contributed by atoms with Crippen LogP contribution in [0.1, 0.15) is 11.1 Å². The van der Waals surface area contributed by atoms with E-state index in [0.717, 1.165) is 33.6 Å². The van der Waals surface area contributed by atoms with Gasteiger partial charge in [-0.05, 0) is 35.1 Å². The lowest BCUT2D eigenvalue weighted by molar-refractivity contribution is 0.311. The number of fused-ring (bicyclic) bond motifs is 1. The molecule has 0 aliphatic carbocycles. The Morgan fingerprint density at radius 1 is 0.969 bits per heavy atom. The van der Waals surface area contributed by atoms with Crippen molar-refractivity contribution in [3.05, 3.63) is 83.5 Å². The Morgan fingerprint density at radius 2 is 1.78 bits per heavy atom. The molecule has 0 saturated heterocycles. The van der Waals surface area contributed by atoms with E-state index in [0.29, 0.717) is 24.4 Å². The molecule has 3 N–H and O–H groups in total. The van der Waals surface area contributed by atoms with E-state index in [1.807, 2.05) is 54.6 Å². The van der Waals surface area contributed by atoms with E-state index in [1.165, 1.54) is 0 Å². The van der Waals surface area contributed by atoms with Crippen LogP contribution in [0.25, 0.3) is 16.8 Å². The number of aliphatic hydroxyl groups excluding tert-OH is 1. The summed E-state index contributed by atoms with van der Waals surface area (Å²) in [6.45, 7) is 0.460. The molecule has 7 nitrogen and oxygen atoms in total. The fourth-order valence-electron chi connectivity index (χ4n) is 3.28. The summed E-state index contributed by atoms with van der Waals surface area (Å²) in [4.78, 5) is 10.5. The van der Waals surface area contributed by atoms with Gasteiger partial charge in [0.2, 0.25) is 10.0 Å². The first-order chi connectivity index (χ1) is 15.5. The van der Waals surface area contributed by atoms with Crippen LogP contribution in [0.2, 0.25) is 0 Å². The molecular formula is C24H24N2O5S. The van der Waals surface area contributed by atoms with Crippen molar-refractivity contribution in [1.82, 2.24) is 4.72 Å². The van der Waals surface area contributed by atoms with E-state index in [-0.39, 0.29) is 13.2 Å². The molecule has 0 bridgehead atoms. The zero-order valence-corrected chi connectivity index (χ0v) is 18.1. The molecule has 0 amide bonds. The van der Waals surface area contributed by atoms with Crippen molar-refractivity contribution < 1.29 is 23.1 Å². The predicted octanol–water partition coefficient (Wildman–Crippen LogP) is 3.10. The number of aliphatic hydroxyl groups is 1. The third kappa shape index (κ3) is 6.29. The lowest BCUT2D eigenvalue weighted by atomic mass is 10.0. The molecule has 166 valence electrons. The Labute approximate surface area is 187 Å². The number of hydrogen-bond acceptors (Lipinski definition) is 6. The Kier molecular flexibility index (Phi) is 8.19. The molecule has 3 aromatic carbocycles. The van der Waals surface area contributed by atoms with Crippen LogP contribution in [0.4, 0.5) is 5.69 Å². The zero-order chi connectivity index (χ0) is 22.8. The first kappa shape index (κ1) is 23.2. The van der Waals surface area contributed by atoms with Crippen LogP contribution >= 0.6 is 0 Å². The van der Waals surface area contributed by atoms with Crippen molar-refractivity contribution in [3.8, 4) is 5.75 Å². The topological polar surface area (TPSA) is 105 Å². The SMILES string of the molecule is O=C=COc1ccc2c(CCNS(=O)(=O)C=Cc3ccccc3)cccc2c1NCCO. The van der Waals surface area contributed by atoms with Crippen molar-refractivity contribution in [3.63, 3.8) is 0 Å². The lowest BCUT2D eigenvalue weighted by Gasteiger charge is -2.15. The second-order valence-corrected chi connectivity index (χ2v) is 8.51. The first-order valence-electron chi connectivity index (χ1n) is 10.0. The van der Waals surface area contributed by atoms with Crippen LogP contribution in [-0.4, -0.2) is 39.2 Å². The summed E-state index contributed by atoms with van der Waals surface area (Å²) in [5.41, 5.74) is 2.38. The minimum absolute atomic E-state index is 0.0721. The smallest absolute Gasteiger partial charge is 0.233 e. The van der Waals surface area contributed by atoms with Crippen molar-refractivity contribution >= 4 is 38.5 Å². The fraction of sp³-hybridized carbons (Fsp3) is 0.167. The van der Waals surface area contributed by atoms with E-state index < -0.39 is 10.0 Å². The van der Waals surface area contributed by atoms with Crippen molar-refractivity contribution in [2.24, 2.45) is 0 Å². The summed E-state index contributed by atoms with van der Waals surface area (Å²) in [5.74, 6) is 2.01. The van der Waals surface area contributed by atoms with E-state index in [4.69, 9.17) is 4.74 Å². The maximum atomic E-state index is 12.3. The van der Waals surface area contributed by atoms with Crippen LogP contribution in [0.15, 0.2) is 72.3 Å². The van der Waals surface area contributed by atoms with Crippen LogP contribution < -0.4 is 14.8 Å². The predicted molar refractivity (Wildman–Crippen MR) is 127 cm³/mol. The molecule has 0 aliphatic heterocycles. The number of carbonyl (C=O) groups excluding carboxylic acids is 1. The molecule has 0 unspecified atom stereocenters. The highest BCUT2D eigenvalue weighted by molar-refractivity contribution is 7.92. The standard InChI is InChI=1S/C24H24N2O5S/c27-15-14-25-24-22-8-4-7-20(21(22)9-10-23(24)31-17-16-28)11-13-26-32(29,30)18-12-19-5-2-1-3-6-19/h1-10,12,17-18,25-27H,11,13-15H2. The Bertz CT molecular complexity index is 1230. The summed E-state index contributed by atoms with van der Waals surface area (Å²) < 4.78 is 32.5. The molecule has 0 radical (unpaired) electrons. The Hall–Kier alpha value is -3.42. The van der Waals surface area contributed by atoms with Crippen LogP contribution in [0.3, 0.4) is 0 Å². The van der Waals surface area contributed by atoms with Gasteiger partial charge in [0, 0.05) is 23.9 Å². The maximum Gasteiger partial charge on any atom is 0.233 e. The number of nitrogens with one attached hydrogen (secondary N) is 2. The maximum absolute atomic E-state index is 12.3. The van der Waals surface area contributed by atoms with Crippen molar-refractivity contribution in [1.29, 1.82) is 0 Å². The molecule has 0 fully saturated rings. The van der Waals surface area contributed by atoms with E-state index in [1.54, 1.807) is 18.1 Å². The molecule has 0 atom stereocenters. The molecule has 3 rings (SSSR count). The van der Waals surface area contributed by atoms with Crippen molar-refractivity contribution in [2.45, 2.75) is 6.42 Å². The van der Waals surface area contributed by atoms with Gasteiger partial charge in [-0.3, -0.25) is 0 Å². The van der Waals surface area contributed by atoms with Gasteiger partial charge in [0.1, 0.15) is 0 Å². The quantitative estimate of drug-likeness (QED) is 0.305. The van der Waals surface area contributed by atoms with Gasteiger partial charge in [0.05, 0.1) is 12.3 Å². The molecule has 0 aromatic heterocycles. The molecule has 8 heteroatoms. The highest BCUT2D eigenvalue weighted by atomic mass is 32.2. The summed E-state index contributed by atoms with van der Waals surface area (Å²) >= 11 is 0. The zero-order valence-electron chi connectivity index (χ0n) is 17.3. The number of hydrogen-bond donors (Lipinski definition) is 3. The second kappa shape index (κ2) is 11.3. The minimum atomic E-state index is -3.57. The average molecular weight is 453 g/mol. The van der Waals surface area contributed by atoms with E-state index in [2.05, 4.69) is 10.0 Å². The second-order valence-electron chi connectivity index (χ2n) is 6.86. The number of ether oxygens (including phenoxy) is 1. The summed E-state index contributed by atoms with van der Waals surface area (Å²) in [7, 11) is -3.57. The lowest BCUT2D eigenvalue weighted by Crippen LogP contribution is -2.23.